The molecule has 3 rings (SSSR count). The third kappa shape index (κ3) is 3.44. The Labute approximate surface area is 152 Å². The highest BCUT2D eigenvalue weighted by Crippen LogP contribution is 2.26. The molecule has 0 aliphatic rings. The fraction of sp³-hybridized carbons (Fsp3) is 0.421. The Morgan fingerprint density at radius 2 is 2.04 bits per heavy atom. The molecule has 0 aliphatic carbocycles. The monoisotopic (exact) mass is 356 g/mol. The first-order valence-electron chi connectivity index (χ1n) is 8.66. The van der Waals surface area contributed by atoms with E-state index in [0.717, 1.165) is 46.2 Å². The van der Waals surface area contributed by atoms with Crippen LogP contribution in [0.25, 0.3) is 11.0 Å². The minimum Gasteiger partial charge on any atom is -0.328 e. The summed E-state index contributed by atoms with van der Waals surface area (Å²) in [6.07, 6.45) is 1.06. The molecule has 1 N–H and O–H groups in total. The van der Waals surface area contributed by atoms with Gasteiger partial charge < -0.3 is 9.88 Å². The van der Waals surface area contributed by atoms with Crippen LogP contribution in [0.5, 0.6) is 0 Å². The fourth-order valence-corrected chi connectivity index (χ4v) is 3.86. The van der Waals surface area contributed by atoms with Crippen molar-refractivity contribution in [2.24, 2.45) is 0 Å². The third-order valence-corrected chi connectivity index (χ3v) is 5.61. The second kappa shape index (κ2) is 6.96. The molecular weight excluding hydrogens is 332 g/mol. The van der Waals surface area contributed by atoms with Crippen LogP contribution in [0.3, 0.4) is 0 Å². The minimum atomic E-state index is -0.106. The van der Waals surface area contributed by atoms with Crippen LogP contribution in [-0.2, 0) is 6.54 Å². The quantitative estimate of drug-likeness (QED) is 0.707. The van der Waals surface area contributed by atoms with Gasteiger partial charge in [-0.3, -0.25) is 4.79 Å². The Balaban J connectivity index is 1.86. The zero-order chi connectivity index (χ0) is 18.1. The summed E-state index contributed by atoms with van der Waals surface area (Å²) in [4.78, 5) is 22.4. The van der Waals surface area contributed by atoms with E-state index in [1.54, 1.807) is 0 Å². The van der Waals surface area contributed by atoms with E-state index >= 15 is 0 Å². The van der Waals surface area contributed by atoms with Crippen molar-refractivity contribution in [2.45, 2.75) is 53.5 Å². The van der Waals surface area contributed by atoms with Crippen LogP contribution in [0.2, 0.25) is 0 Å². The summed E-state index contributed by atoms with van der Waals surface area (Å²) in [6, 6.07) is 5.90. The fourth-order valence-electron chi connectivity index (χ4n) is 2.90. The maximum atomic E-state index is 12.6. The number of nitrogens with one attached hydrogen (secondary N) is 1. The molecule has 5 nitrogen and oxygen atoms in total. The number of amides is 1. The van der Waals surface area contributed by atoms with E-state index in [0.29, 0.717) is 10.8 Å². The van der Waals surface area contributed by atoms with E-state index in [-0.39, 0.29) is 5.91 Å². The highest BCUT2D eigenvalue weighted by Gasteiger charge is 2.17. The van der Waals surface area contributed by atoms with Crippen molar-refractivity contribution in [3.63, 3.8) is 0 Å². The van der Waals surface area contributed by atoms with Crippen molar-refractivity contribution >= 4 is 34.0 Å². The molecule has 0 spiro atoms. The molecule has 0 atom stereocenters. The van der Waals surface area contributed by atoms with Gasteiger partial charge in [0.1, 0.15) is 10.7 Å². The van der Waals surface area contributed by atoms with E-state index < -0.39 is 0 Å². The van der Waals surface area contributed by atoms with Gasteiger partial charge in [0.05, 0.1) is 21.7 Å². The first-order valence-corrected chi connectivity index (χ1v) is 9.48. The average molecular weight is 356 g/mol. The van der Waals surface area contributed by atoms with Crippen LogP contribution < -0.4 is 5.32 Å². The number of aryl methyl sites for hydroxylation is 3. The number of carbonyl (C=O) groups excluding carboxylic acids is 1. The molecule has 0 fully saturated rings. The summed E-state index contributed by atoms with van der Waals surface area (Å²) >= 11 is 1.47. The Hall–Kier alpha value is -2.21. The van der Waals surface area contributed by atoms with Crippen LogP contribution >= 0.6 is 11.3 Å². The molecule has 2 aromatic heterocycles. The van der Waals surface area contributed by atoms with E-state index in [1.165, 1.54) is 11.3 Å². The van der Waals surface area contributed by atoms with Gasteiger partial charge in [-0.1, -0.05) is 20.8 Å². The Bertz CT molecular complexity index is 923. The van der Waals surface area contributed by atoms with Crippen LogP contribution in [0.4, 0.5) is 5.69 Å². The van der Waals surface area contributed by atoms with E-state index in [1.807, 2.05) is 32.0 Å². The number of nitrogens with zero attached hydrogens (tertiary/aromatic N) is 3. The van der Waals surface area contributed by atoms with Crippen LogP contribution in [0.15, 0.2) is 18.2 Å². The average Bonchev–Trinajstić information content (AvgIpc) is 3.08. The molecule has 1 amide bonds. The van der Waals surface area contributed by atoms with Gasteiger partial charge in [-0.25, -0.2) is 9.97 Å². The lowest BCUT2D eigenvalue weighted by Gasteiger charge is -2.06. The molecule has 0 radical (unpaired) electrons. The summed E-state index contributed by atoms with van der Waals surface area (Å²) in [5, 5.41) is 3.98. The van der Waals surface area contributed by atoms with Crippen molar-refractivity contribution in [2.75, 3.05) is 5.32 Å². The van der Waals surface area contributed by atoms with Gasteiger partial charge in [0.25, 0.3) is 5.91 Å². The van der Waals surface area contributed by atoms with Gasteiger partial charge in [-0.05, 0) is 38.5 Å². The number of rotatable bonds is 5. The second-order valence-electron chi connectivity index (χ2n) is 6.59. The predicted molar refractivity (Wildman–Crippen MR) is 104 cm³/mol. The van der Waals surface area contributed by atoms with E-state index in [2.05, 4.69) is 40.6 Å². The zero-order valence-electron chi connectivity index (χ0n) is 15.4. The molecule has 0 saturated carbocycles. The molecule has 0 bridgehead atoms. The number of benzene rings is 1. The molecule has 3 aromatic rings. The molecule has 1 aromatic carbocycles. The largest absolute Gasteiger partial charge is 0.328 e. The summed E-state index contributed by atoms with van der Waals surface area (Å²) in [5.74, 6) is 1.22. The molecule has 0 unspecified atom stereocenters. The number of fused-ring (bicyclic) bond motifs is 1. The van der Waals surface area contributed by atoms with Crippen molar-refractivity contribution < 1.29 is 4.79 Å². The van der Waals surface area contributed by atoms with Crippen LogP contribution in [0, 0.1) is 13.8 Å². The SMILES string of the molecule is CCCn1c(C)nc2cc(NC(=O)c3sc(C(C)C)nc3C)ccc21. The molecule has 0 saturated heterocycles. The molecule has 6 heteroatoms. The zero-order valence-corrected chi connectivity index (χ0v) is 16.2. The van der Waals surface area contributed by atoms with E-state index in [9.17, 15) is 4.79 Å². The lowest BCUT2D eigenvalue weighted by Crippen LogP contribution is -2.11. The van der Waals surface area contributed by atoms with E-state index in [4.69, 9.17) is 0 Å². The lowest BCUT2D eigenvalue weighted by molar-refractivity contribution is 0.103. The van der Waals surface area contributed by atoms with Crippen molar-refractivity contribution in [1.29, 1.82) is 0 Å². The summed E-state index contributed by atoms with van der Waals surface area (Å²) < 4.78 is 2.21. The molecular formula is C19H24N4OS. The Kier molecular flexibility index (Phi) is 4.90. The first-order chi connectivity index (χ1) is 11.9. The number of aromatic nitrogens is 3. The van der Waals surface area contributed by atoms with Gasteiger partial charge in [0, 0.05) is 18.2 Å². The summed E-state index contributed by atoms with van der Waals surface area (Å²) in [6.45, 7) is 11.2. The van der Waals surface area contributed by atoms with Gasteiger partial charge in [0.2, 0.25) is 0 Å². The summed E-state index contributed by atoms with van der Waals surface area (Å²) in [5.41, 5.74) is 3.56. The Morgan fingerprint density at radius 3 is 2.68 bits per heavy atom. The van der Waals surface area contributed by atoms with Crippen molar-refractivity contribution in [1.82, 2.24) is 14.5 Å². The predicted octanol–water partition coefficient (Wildman–Crippen LogP) is 4.90. The highest BCUT2D eigenvalue weighted by atomic mass is 32.1. The smallest absolute Gasteiger partial charge is 0.267 e. The number of carbonyl (C=O) groups is 1. The number of hydrogen-bond donors (Lipinski definition) is 1. The van der Waals surface area contributed by atoms with Gasteiger partial charge >= 0.3 is 0 Å². The normalized spacial score (nSPS) is 11.4. The number of hydrogen-bond acceptors (Lipinski definition) is 4. The number of thiazole rings is 1. The van der Waals surface area contributed by atoms with Gasteiger partial charge in [-0.15, -0.1) is 11.3 Å². The van der Waals surface area contributed by atoms with Crippen molar-refractivity contribution in [3.05, 3.63) is 39.6 Å². The van der Waals surface area contributed by atoms with Gasteiger partial charge in [-0.2, -0.15) is 0 Å². The van der Waals surface area contributed by atoms with Crippen molar-refractivity contribution in [3.8, 4) is 0 Å². The second-order valence-corrected chi connectivity index (χ2v) is 7.62. The van der Waals surface area contributed by atoms with Gasteiger partial charge in [0.15, 0.2) is 0 Å². The first kappa shape index (κ1) is 17.6. The van der Waals surface area contributed by atoms with Crippen LogP contribution in [0.1, 0.15) is 59.3 Å². The molecule has 25 heavy (non-hydrogen) atoms. The number of imidazole rings is 1. The molecule has 132 valence electrons. The maximum absolute atomic E-state index is 12.6. The van der Waals surface area contributed by atoms with Crippen LogP contribution in [-0.4, -0.2) is 20.4 Å². The molecule has 2 heterocycles. The topological polar surface area (TPSA) is 59.8 Å². The maximum Gasteiger partial charge on any atom is 0.267 e. The standard InChI is InChI=1S/C19H24N4OS/c1-6-9-23-13(5)21-15-10-14(7-8-16(15)23)22-18(24)17-12(4)20-19(25-17)11(2)3/h7-8,10-11H,6,9H2,1-5H3,(H,22,24). The molecule has 0 aliphatic heterocycles. The third-order valence-electron chi connectivity index (χ3n) is 4.16. The number of anilines is 1. The lowest BCUT2D eigenvalue weighted by atomic mass is 10.2. The summed E-state index contributed by atoms with van der Waals surface area (Å²) in [7, 11) is 0. The highest BCUT2D eigenvalue weighted by molar-refractivity contribution is 7.14. The Morgan fingerprint density at radius 1 is 1.28 bits per heavy atom. The minimum absolute atomic E-state index is 0.106.